The summed E-state index contributed by atoms with van der Waals surface area (Å²) in [5, 5.41) is 10.5. The van der Waals surface area contributed by atoms with E-state index in [-0.39, 0.29) is 24.0 Å². The van der Waals surface area contributed by atoms with Crippen LogP contribution in [-0.2, 0) is 6.42 Å². The highest BCUT2D eigenvalue weighted by atomic mass is 127. The number of nitrogens with zero attached hydrogens (tertiary/aromatic N) is 2. The molecule has 1 rings (SSSR count). The summed E-state index contributed by atoms with van der Waals surface area (Å²) in [5.41, 5.74) is 2.16. The number of nitrogens with one attached hydrogen (secondary N) is 2. The zero-order chi connectivity index (χ0) is 13.4. The van der Waals surface area contributed by atoms with Crippen LogP contribution in [0.5, 0.6) is 0 Å². The van der Waals surface area contributed by atoms with Crippen molar-refractivity contribution in [1.82, 2.24) is 15.8 Å². The fourth-order valence-electron chi connectivity index (χ4n) is 1.77. The van der Waals surface area contributed by atoms with Gasteiger partial charge in [-0.15, -0.1) is 24.0 Å². The van der Waals surface area contributed by atoms with E-state index in [0.717, 1.165) is 43.3 Å². The molecule has 0 aliphatic carbocycles. The van der Waals surface area contributed by atoms with Crippen LogP contribution in [0.4, 0.5) is 0 Å². The van der Waals surface area contributed by atoms with E-state index in [1.165, 1.54) is 12.0 Å². The summed E-state index contributed by atoms with van der Waals surface area (Å²) in [4.78, 5) is 4.18. The molecule has 0 spiro atoms. The molecule has 5 nitrogen and oxygen atoms in total. The number of hydrogen-bond donors (Lipinski definition) is 2. The summed E-state index contributed by atoms with van der Waals surface area (Å²) in [5.74, 6) is 1.76. The Labute approximate surface area is 132 Å². The first-order chi connectivity index (χ1) is 8.69. The lowest BCUT2D eigenvalue weighted by atomic mass is 10.1. The van der Waals surface area contributed by atoms with E-state index in [4.69, 9.17) is 4.52 Å². The SMILES string of the molecule is CCCCNC(=NC)NCCc1c(C)noc1C.I. The van der Waals surface area contributed by atoms with Crippen LogP contribution >= 0.6 is 24.0 Å². The zero-order valence-corrected chi connectivity index (χ0v) is 14.6. The van der Waals surface area contributed by atoms with Crippen molar-refractivity contribution in [3.8, 4) is 0 Å². The average Bonchev–Trinajstić information content (AvgIpc) is 2.68. The lowest BCUT2D eigenvalue weighted by Crippen LogP contribution is -2.38. The van der Waals surface area contributed by atoms with Gasteiger partial charge in [-0.25, -0.2) is 0 Å². The number of guanidine groups is 1. The highest BCUT2D eigenvalue weighted by Crippen LogP contribution is 2.11. The van der Waals surface area contributed by atoms with Crippen LogP contribution in [0.15, 0.2) is 9.52 Å². The van der Waals surface area contributed by atoms with Gasteiger partial charge in [0.05, 0.1) is 5.69 Å². The van der Waals surface area contributed by atoms with Crippen molar-refractivity contribution in [3.05, 3.63) is 17.0 Å². The van der Waals surface area contributed by atoms with Crippen molar-refractivity contribution >= 4 is 29.9 Å². The summed E-state index contributed by atoms with van der Waals surface area (Å²) >= 11 is 0. The molecule has 6 heteroatoms. The molecule has 0 saturated carbocycles. The number of rotatable bonds is 6. The molecule has 2 N–H and O–H groups in total. The number of aliphatic imine (C=N–C) groups is 1. The van der Waals surface area contributed by atoms with E-state index in [1.807, 2.05) is 13.8 Å². The van der Waals surface area contributed by atoms with E-state index >= 15 is 0 Å². The third kappa shape index (κ3) is 6.26. The quantitative estimate of drug-likeness (QED) is 0.344. The van der Waals surface area contributed by atoms with Crippen molar-refractivity contribution in [1.29, 1.82) is 0 Å². The third-order valence-corrected chi connectivity index (χ3v) is 2.90. The van der Waals surface area contributed by atoms with Gasteiger partial charge in [-0.1, -0.05) is 18.5 Å². The fraction of sp³-hybridized carbons (Fsp3) is 0.692. The summed E-state index contributed by atoms with van der Waals surface area (Å²) in [6.45, 7) is 7.88. The minimum absolute atomic E-state index is 0. The molecule has 0 aliphatic rings. The number of aryl methyl sites for hydroxylation is 2. The van der Waals surface area contributed by atoms with Gasteiger partial charge in [0.25, 0.3) is 0 Å². The van der Waals surface area contributed by atoms with Gasteiger partial charge in [-0.2, -0.15) is 0 Å². The van der Waals surface area contributed by atoms with Gasteiger partial charge in [-0.3, -0.25) is 4.99 Å². The van der Waals surface area contributed by atoms with E-state index in [1.54, 1.807) is 7.05 Å². The van der Waals surface area contributed by atoms with E-state index < -0.39 is 0 Å². The van der Waals surface area contributed by atoms with Gasteiger partial charge in [0.2, 0.25) is 0 Å². The molecule has 0 radical (unpaired) electrons. The maximum absolute atomic E-state index is 5.13. The van der Waals surface area contributed by atoms with Crippen LogP contribution in [0.2, 0.25) is 0 Å². The van der Waals surface area contributed by atoms with Crippen LogP contribution < -0.4 is 10.6 Å². The third-order valence-electron chi connectivity index (χ3n) is 2.90. The molecule has 19 heavy (non-hydrogen) atoms. The maximum atomic E-state index is 5.13. The van der Waals surface area contributed by atoms with Crippen LogP contribution in [0, 0.1) is 13.8 Å². The van der Waals surface area contributed by atoms with Gasteiger partial charge >= 0.3 is 0 Å². The Morgan fingerprint density at radius 3 is 2.47 bits per heavy atom. The standard InChI is InChI=1S/C13H24N4O.HI/c1-5-6-8-15-13(14-4)16-9-7-12-10(2)17-18-11(12)3;/h5-9H2,1-4H3,(H2,14,15,16);1H. The Bertz CT molecular complexity index is 370. The predicted octanol–water partition coefficient (Wildman–Crippen LogP) is 2.42. The summed E-state index contributed by atoms with van der Waals surface area (Å²) in [6, 6.07) is 0. The first kappa shape index (κ1) is 18.2. The molecule has 0 aromatic carbocycles. The smallest absolute Gasteiger partial charge is 0.190 e. The van der Waals surface area contributed by atoms with E-state index in [9.17, 15) is 0 Å². The highest BCUT2D eigenvalue weighted by molar-refractivity contribution is 14.0. The second-order valence-corrected chi connectivity index (χ2v) is 4.33. The van der Waals surface area contributed by atoms with Gasteiger partial charge in [-0.05, 0) is 26.7 Å². The lowest BCUT2D eigenvalue weighted by molar-refractivity contribution is 0.392. The van der Waals surface area contributed by atoms with E-state index in [0.29, 0.717) is 0 Å². The minimum Gasteiger partial charge on any atom is -0.361 e. The molecule has 0 aliphatic heterocycles. The summed E-state index contributed by atoms with van der Waals surface area (Å²) in [7, 11) is 1.79. The Balaban J connectivity index is 0.00000324. The molecule has 110 valence electrons. The monoisotopic (exact) mass is 380 g/mol. The molecule has 0 atom stereocenters. The van der Waals surface area contributed by atoms with Crippen molar-refractivity contribution < 1.29 is 4.52 Å². The maximum Gasteiger partial charge on any atom is 0.190 e. The summed E-state index contributed by atoms with van der Waals surface area (Å²) in [6.07, 6.45) is 3.24. The Hall–Kier alpha value is -0.790. The molecule has 1 aromatic rings. The second-order valence-electron chi connectivity index (χ2n) is 4.33. The van der Waals surface area contributed by atoms with Gasteiger partial charge in [0.1, 0.15) is 5.76 Å². The first-order valence-electron chi connectivity index (χ1n) is 6.55. The molecule has 0 amide bonds. The van der Waals surface area contributed by atoms with Crippen LogP contribution in [0.3, 0.4) is 0 Å². The number of unbranched alkanes of at least 4 members (excludes halogenated alkanes) is 1. The topological polar surface area (TPSA) is 62.5 Å². The van der Waals surface area contributed by atoms with Crippen LogP contribution in [0.25, 0.3) is 0 Å². The molecule has 0 bridgehead atoms. The Morgan fingerprint density at radius 2 is 1.95 bits per heavy atom. The van der Waals surface area contributed by atoms with Gasteiger partial charge < -0.3 is 15.2 Å². The van der Waals surface area contributed by atoms with Gasteiger partial charge in [0, 0.05) is 25.7 Å². The first-order valence-corrected chi connectivity index (χ1v) is 6.55. The van der Waals surface area contributed by atoms with Crippen molar-refractivity contribution in [2.75, 3.05) is 20.1 Å². The minimum atomic E-state index is 0. The number of hydrogen-bond acceptors (Lipinski definition) is 3. The molecular formula is C13H25IN4O. The molecule has 0 fully saturated rings. The molecule has 1 aromatic heterocycles. The normalized spacial score (nSPS) is 11.1. The Kier molecular flexibility index (Phi) is 9.63. The molecule has 0 unspecified atom stereocenters. The molecular weight excluding hydrogens is 355 g/mol. The molecule has 1 heterocycles. The average molecular weight is 380 g/mol. The zero-order valence-electron chi connectivity index (χ0n) is 12.2. The molecule has 0 saturated heterocycles. The second kappa shape index (κ2) is 10.1. The van der Waals surface area contributed by atoms with Gasteiger partial charge in [0.15, 0.2) is 5.96 Å². The van der Waals surface area contributed by atoms with Crippen molar-refractivity contribution in [2.45, 2.75) is 40.0 Å². The van der Waals surface area contributed by atoms with Crippen molar-refractivity contribution in [3.63, 3.8) is 0 Å². The largest absolute Gasteiger partial charge is 0.361 e. The highest BCUT2D eigenvalue weighted by Gasteiger charge is 2.08. The lowest BCUT2D eigenvalue weighted by Gasteiger charge is -2.11. The fourth-order valence-corrected chi connectivity index (χ4v) is 1.77. The summed E-state index contributed by atoms with van der Waals surface area (Å²) < 4.78 is 5.13. The number of halogens is 1. The number of aromatic nitrogens is 1. The van der Waals surface area contributed by atoms with Crippen LogP contribution in [0.1, 0.15) is 36.8 Å². The Morgan fingerprint density at radius 1 is 1.26 bits per heavy atom. The predicted molar refractivity (Wildman–Crippen MR) is 89.4 cm³/mol. The van der Waals surface area contributed by atoms with E-state index in [2.05, 4.69) is 27.7 Å². The van der Waals surface area contributed by atoms with Crippen molar-refractivity contribution in [2.24, 2.45) is 4.99 Å². The van der Waals surface area contributed by atoms with Crippen LogP contribution in [-0.4, -0.2) is 31.3 Å².